The van der Waals surface area contributed by atoms with Crippen molar-refractivity contribution in [2.45, 2.75) is 45.4 Å². The van der Waals surface area contributed by atoms with Crippen LogP contribution in [0.3, 0.4) is 0 Å². The number of halogens is 2. The Hall–Kier alpha value is -1.000. The molecule has 11 heteroatoms. The third-order valence-corrected chi connectivity index (χ3v) is 7.41. The summed E-state index contributed by atoms with van der Waals surface area (Å²) in [6.07, 6.45) is 1.22. The number of sulfonamides is 1. The van der Waals surface area contributed by atoms with Crippen LogP contribution in [0.5, 0.6) is 11.5 Å². The summed E-state index contributed by atoms with van der Waals surface area (Å²) < 4.78 is 33.5. The molecule has 2 aromatic rings. The van der Waals surface area contributed by atoms with Gasteiger partial charge in [-0.25, -0.2) is 8.42 Å². The van der Waals surface area contributed by atoms with Crippen molar-refractivity contribution in [2.75, 3.05) is 25.0 Å². The van der Waals surface area contributed by atoms with E-state index in [-0.39, 0.29) is 55.7 Å². The molecule has 1 amide bonds. The zero-order valence-electron chi connectivity index (χ0n) is 19.5. The van der Waals surface area contributed by atoms with E-state index >= 15 is 0 Å². The van der Waals surface area contributed by atoms with Gasteiger partial charge in [-0.3, -0.25) is 4.79 Å². The number of nitrogens with one attached hydrogen (secondary N) is 1. The molecule has 0 heterocycles. The Morgan fingerprint density at radius 1 is 1.06 bits per heavy atom. The van der Waals surface area contributed by atoms with Crippen LogP contribution in [0, 0.1) is 0 Å². The molecule has 0 spiro atoms. The predicted octanol–water partition coefficient (Wildman–Crippen LogP) is 1.70. The molecule has 176 valence electrons. The molecule has 7 nitrogen and oxygen atoms in total. The number of hydrogen-bond acceptors (Lipinski definition) is 5. The summed E-state index contributed by atoms with van der Waals surface area (Å²) in [5.74, 6) is -0.772. The second-order valence-electron chi connectivity index (χ2n) is 6.97. The van der Waals surface area contributed by atoms with E-state index in [9.17, 15) is 18.3 Å². The topological polar surface area (TPSA) is 98.8 Å². The second-order valence-corrected chi connectivity index (χ2v) is 9.73. The number of nitrogens with zero attached hydrogens (tertiary/aromatic N) is 1. The van der Waals surface area contributed by atoms with Gasteiger partial charge < -0.3 is 15.2 Å². The molecule has 2 aromatic carbocycles. The normalized spacial score (nSPS) is 11.2. The first-order valence-electron chi connectivity index (χ1n) is 10.4. The summed E-state index contributed by atoms with van der Waals surface area (Å²) in [7, 11) is -3.77. The van der Waals surface area contributed by atoms with Crippen LogP contribution < -0.4 is 44.7 Å². The molecule has 33 heavy (non-hydrogen) atoms. The minimum absolute atomic E-state index is 0. The Balaban J connectivity index is 0.00000544. The van der Waals surface area contributed by atoms with E-state index in [1.54, 1.807) is 19.9 Å². The third-order valence-electron chi connectivity index (χ3n) is 4.82. The molecule has 0 unspecified atom stereocenters. The summed E-state index contributed by atoms with van der Waals surface area (Å²) in [4.78, 5) is 13.0. The van der Waals surface area contributed by atoms with Crippen molar-refractivity contribution in [3.8, 4) is 11.5 Å². The SMILES string of the molecule is CCCOc1c(CC)cc(S(=O)(=O)N(CC)CC)cc1NC(=O)c1cc(Cl)c([O-])c(Cl)c1.[Na+]. The third kappa shape index (κ3) is 7.01. The Morgan fingerprint density at radius 2 is 1.64 bits per heavy atom. The molecule has 1 N–H and O–H groups in total. The maximum Gasteiger partial charge on any atom is 1.00 e. The van der Waals surface area contributed by atoms with E-state index in [0.29, 0.717) is 37.4 Å². The van der Waals surface area contributed by atoms with Crippen LogP contribution in [0.25, 0.3) is 0 Å². The smallest absolute Gasteiger partial charge is 0.870 e. The van der Waals surface area contributed by atoms with Crippen LogP contribution in [-0.2, 0) is 16.4 Å². The molecule has 0 aliphatic carbocycles. The summed E-state index contributed by atoms with van der Waals surface area (Å²) in [6, 6.07) is 5.40. The van der Waals surface area contributed by atoms with Gasteiger partial charge in [0.2, 0.25) is 10.0 Å². The zero-order chi connectivity index (χ0) is 24.1. The van der Waals surface area contributed by atoms with Gasteiger partial charge in [-0.15, -0.1) is 0 Å². The van der Waals surface area contributed by atoms with E-state index in [1.165, 1.54) is 22.5 Å². The fraction of sp³-hybridized carbons (Fsp3) is 0.409. The standard InChI is InChI=1S/C22H28Cl2N2O5S.Na/c1-5-9-31-21-14(6-2)10-16(32(29,30)26(7-3)8-4)13-19(21)25-22(28)15-11-17(23)20(27)18(24)12-15;/h10-13,27H,5-9H2,1-4H3,(H,25,28);/q;+1/p-1. The van der Waals surface area contributed by atoms with Gasteiger partial charge in [0.1, 0.15) is 5.75 Å². The molecule has 0 aliphatic heterocycles. The number of amides is 1. The molecule has 2 rings (SSSR count). The first-order valence-corrected chi connectivity index (χ1v) is 12.6. The molecule has 0 saturated heterocycles. The fourth-order valence-electron chi connectivity index (χ4n) is 3.14. The molecule has 0 aliphatic rings. The maximum atomic E-state index is 13.1. The average Bonchev–Trinajstić information content (AvgIpc) is 2.76. The van der Waals surface area contributed by atoms with Crippen LogP contribution in [0.4, 0.5) is 5.69 Å². The van der Waals surface area contributed by atoms with Gasteiger partial charge in [-0.2, -0.15) is 4.31 Å². The number of ether oxygens (including phenoxy) is 1. The minimum atomic E-state index is -3.77. The first-order chi connectivity index (χ1) is 15.1. The first kappa shape index (κ1) is 30.0. The van der Waals surface area contributed by atoms with Crippen molar-refractivity contribution in [3.05, 3.63) is 45.4 Å². The number of hydrogen-bond donors (Lipinski definition) is 1. The van der Waals surface area contributed by atoms with E-state index in [4.69, 9.17) is 27.9 Å². The van der Waals surface area contributed by atoms with Crippen LogP contribution in [-0.4, -0.2) is 38.3 Å². The Morgan fingerprint density at radius 3 is 2.12 bits per heavy atom. The van der Waals surface area contributed by atoms with Crippen molar-refractivity contribution in [1.29, 1.82) is 0 Å². The van der Waals surface area contributed by atoms with Crippen molar-refractivity contribution >= 4 is 44.8 Å². The average molecular weight is 525 g/mol. The molecule has 0 atom stereocenters. The number of rotatable bonds is 10. The summed E-state index contributed by atoms with van der Waals surface area (Å²) in [5, 5.41) is 14.1. The molecule has 0 radical (unpaired) electrons. The maximum absolute atomic E-state index is 13.1. The van der Waals surface area contributed by atoms with Crippen LogP contribution >= 0.6 is 23.2 Å². The van der Waals surface area contributed by atoms with Gasteiger partial charge in [0.15, 0.2) is 0 Å². The minimum Gasteiger partial charge on any atom is -0.870 e. The number of aryl methyl sites for hydroxylation is 1. The number of carbonyl (C=O) groups excluding carboxylic acids is 1. The monoisotopic (exact) mass is 524 g/mol. The van der Waals surface area contributed by atoms with E-state index in [2.05, 4.69) is 5.32 Å². The van der Waals surface area contributed by atoms with Gasteiger partial charge in [0.05, 0.1) is 17.2 Å². The molecule has 0 aromatic heterocycles. The van der Waals surface area contributed by atoms with Gasteiger partial charge in [0, 0.05) is 28.7 Å². The second kappa shape index (κ2) is 13.2. The number of anilines is 1. The van der Waals surface area contributed by atoms with Gasteiger partial charge in [-0.1, -0.05) is 56.6 Å². The summed E-state index contributed by atoms with van der Waals surface area (Å²) in [5.41, 5.74) is 0.927. The van der Waals surface area contributed by atoms with Crippen LogP contribution in [0.2, 0.25) is 10.0 Å². The molecule has 0 bridgehead atoms. The Bertz CT molecular complexity index is 1070. The van der Waals surface area contributed by atoms with E-state index < -0.39 is 21.7 Å². The zero-order valence-corrected chi connectivity index (χ0v) is 23.8. The number of benzene rings is 2. The van der Waals surface area contributed by atoms with Crippen LogP contribution in [0.1, 0.15) is 50.0 Å². The Labute approximate surface area is 227 Å². The van der Waals surface area contributed by atoms with Gasteiger partial charge in [0.25, 0.3) is 5.91 Å². The fourth-order valence-corrected chi connectivity index (χ4v) is 5.16. The quantitative estimate of drug-likeness (QED) is 0.477. The predicted molar refractivity (Wildman–Crippen MR) is 126 cm³/mol. The largest absolute Gasteiger partial charge is 1.00 e. The molecule has 0 fully saturated rings. The van der Waals surface area contributed by atoms with Crippen molar-refractivity contribution in [1.82, 2.24) is 4.31 Å². The molecular formula is C22H27Cl2N2NaO5S. The van der Waals surface area contributed by atoms with Gasteiger partial charge >= 0.3 is 29.6 Å². The summed E-state index contributed by atoms with van der Waals surface area (Å²) in [6.45, 7) is 8.36. The van der Waals surface area contributed by atoms with Crippen molar-refractivity contribution in [3.63, 3.8) is 0 Å². The van der Waals surface area contributed by atoms with Crippen molar-refractivity contribution < 1.29 is 52.6 Å². The molecular weight excluding hydrogens is 498 g/mol. The Kier molecular flexibility index (Phi) is 12.0. The van der Waals surface area contributed by atoms with Gasteiger partial charge in [-0.05, 0) is 42.7 Å². The summed E-state index contributed by atoms with van der Waals surface area (Å²) >= 11 is 11.8. The number of carbonyl (C=O) groups is 1. The van der Waals surface area contributed by atoms with E-state index in [1.807, 2.05) is 13.8 Å². The molecule has 0 saturated carbocycles. The van der Waals surface area contributed by atoms with Crippen LogP contribution in [0.15, 0.2) is 29.2 Å². The van der Waals surface area contributed by atoms with E-state index in [0.717, 1.165) is 6.42 Å². The van der Waals surface area contributed by atoms with Crippen molar-refractivity contribution in [2.24, 2.45) is 0 Å².